The van der Waals surface area contributed by atoms with Crippen LogP contribution in [0.4, 0.5) is 0 Å². The zero-order valence-electron chi connectivity index (χ0n) is 8.48. The van der Waals surface area contributed by atoms with E-state index >= 15 is 0 Å². The SMILES string of the molecule is C=CC1CC1(C)/N=C\c1ccccc1. The van der Waals surface area contributed by atoms with E-state index in [9.17, 15) is 0 Å². The molecule has 1 aliphatic carbocycles. The molecule has 2 unspecified atom stereocenters. The first-order valence-electron chi connectivity index (χ1n) is 4.97. The molecule has 0 aliphatic heterocycles. The number of hydrogen-bond acceptors (Lipinski definition) is 1. The predicted molar refractivity (Wildman–Crippen MR) is 60.7 cm³/mol. The summed E-state index contributed by atoms with van der Waals surface area (Å²) in [6.45, 7) is 5.98. The van der Waals surface area contributed by atoms with Gasteiger partial charge in [0.1, 0.15) is 0 Å². The Morgan fingerprint density at radius 2 is 2.14 bits per heavy atom. The molecule has 1 saturated carbocycles. The van der Waals surface area contributed by atoms with E-state index in [2.05, 4.69) is 30.6 Å². The molecule has 1 nitrogen and oxygen atoms in total. The minimum atomic E-state index is 0.123. The highest BCUT2D eigenvalue weighted by Gasteiger charge is 2.47. The van der Waals surface area contributed by atoms with Crippen LogP contribution in [0.15, 0.2) is 48.0 Å². The van der Waals surface area contributed by atoms with Gasteiger partial charge in [0.25, 0.3) is 0 Å². The Labute approximate surface area is 85.2 Å². The molecule has 2 atom stereocenters. The molecule has 0 N–H and O–H groups in total. The molecule has 1 aliphatic rings. The molecule has 1 aromatic rings. The van der Waals surface area contributed by atoms with Crippen molar-refractivity contribution in [1.82, 2.24) is 0 Å². The Morgan fingerprint density at radius 3 is 2.71 bits per heavy atom. The van der Waals surface area contributed by atoms with Crippen LogP contribution in [-0.2, 0) is 0 Å². The van der Waals surface area contributed by atoms with Crippen LogP contribution in [-0.4, -0.2) is 11.8 Å². The first-order chi connectivity index (χ1) is 6.74. The van der Waals surface area contributed by atoms with Gasteiger partial charge in [-0.2, -0.15) is 0 Å². The molecule has 0 heterocycles. The number of hydrogen-bond donors (Lipinski definition) is 0. The molecule has 1 heteroatoms. The average molecular weight is 185 g/mol. The predicted octanol–water partition coefficient (Wildman–Crippen LogP) is 3.07. The summed E-state index contributed by atoms with van der Waals surface area (Å²) >= 11 is 0. The third-order valence-corrected chi connectivity index (χ3v) is 2.86. The summed E-state index contributed by atoms with van der Waals surface area (Å²) in [7, 11) is 0. The van der Waals surface area contributed by atoms with Crippen molar-refractivity contribution in [3.8, 4) is 0 Å². The van der Waals surface area contributed by atoms with Gasteiger partial charge in [0, 0.05) is 12.1 Å². The van der Waals surface area contributed by atoms with E-state index in [-0.39, 0.29) is 5.54 Å². The van der Waals surface area contributed by atoms with Gasteiger partial charge in [-0.3, -0.25) is 4.99 Å². The van der Waals surface area contributed by atoms with Crippen molar-refractivity contribution in [2.75, 3.05) is 0 Å². The van der Waals surface area contributed by atoms with Gasteiger partial charge in [0.05, 0.1) is 5.54 Å². The largest absolute Gasteiger partial charge is 0.286 e. The van der Waals surface area contributed by atoms with Gasteiger partial charge >= 0.3 is 0 Å². The van der Waals surface area contributed by atoms with Crippen molar-refractivity contribution in [2.45, 2.75) is 18.9 Å². The fraction of sp³-hybridized carbons (Fsp3) is 0.308. The lowest BCUT2D eigenvalue weighted by Crippen LogP contribution is -2.01. The highest BCUT2D eigenvalue weighted by atomic mass is 14.9. The molecular formula is C13H15N. The number of nitrogens with zero attached hydrogens (tertiary/aromatic N) is 1. The highest BCUT2D eigenvalue weighted by Crippen LogP contribution is 2.47. The van der Waals surface area contributed by atoms with Crippen LogP contribution in [0.3, 0.4) is 0 Å². The van der Waals surface area contributed by atoms with Crippen LogP contribution in [0, 0.1) is 5.92 Å². The summed E-state index contributed by atoms with van der Waals surface area (Å²) in [6.07, 6.45) is 5.10. The monoisotopic (exact) mass is 185 g/mol. The maximum atomic E-state index is 4.59. The third kappa shape index (κ3) is 1.77. The lowest BCUT2D eigenvalue weighted by atomic mass is 10.2. The van der Waals surface area contributed by atoms with Crippen molar-refractivity contribution in [1.29, 1.82) is 0 Å². The molecule has 0 aromatic heterocycles. The quantitative estimate of drug-likeness (QED) is 0.507. The third-order valence-electron chi connectivity index (χ3n) is 2.86. The Balaban J connectivity index is 2.06. The van der Waals surface area contributed by atoms with Crippen LogP contribution in [0.2, 0.25) is 0 Å². The number of rotatable bonds is 3. The fourth-order valence-corrected chi connectivity index (χ4v) is 1.63. The highest BCUT2D eigenvalue weighted by molar-refractivity contribution is 5.80. The molecule has 72 valence electrons. The summed E-state index contributed by atoms with van der Waals surface area (Å²) in [4.78, 5) is 4.59. The van der Waals surface area contributed by atoms with Crippen molar-refractivity contribution in [2.24, 2.45) is 10.9 Å². The number of aliphatic imine (C=N–C) groups is 1. The van der Waals surface area contributed by atoms with Crippen molar-refractivity contribution in [3.63, 3.8) is 0 Å². The normalized spacial score (nSPS) is 30.5. The maximum absolute atomic E-state index is 4.59. The van der Waals surface area contributed by atoms with Crippen LogP contribution in [0.1, 0.15) is 18.9 Å². The molecule has 0 bridgehead atoms. The van der Waals surface area contributed by atoms with E-state index in [0.717, 1.165) is 6.42 Å². The van der Waals surface area contributed by atoms with Gasteiger partial charge < -0.3 is 0 Å². The molecule has 14 heavy (non-hydrogen) atoms. The molecule has 0 amide bonds. The van der Waals surface area contributed by atoms with E-state index in [1.54, 1.807) is 0 Å². The summed E-state index contributed by atoms with van der Waals surface area (Å²) in [6, 6.07) is 10.2. The van der Waals surface area contributed by atoms with E-state index in [4.69, 9.17) is 0 Å². The summed E-state index contributed by atoms with van der Waals surface area (Å²) in [5, 5.41) is 0. The average Bonchev–Trinajstić information content (AvgIpc) is 2.89. The van der Waals surface area contributed by atoms with Gasteiger partial charge in [0.15, 0.2) is 0 Å². The molecule has 1 aromatic carbocycles. The summed E-state index contributed by atoms with van der Waals surface area (Å²) in [5.74, 6) is 0.572. The van der Waals surface area contributed by atoms with Crippen LogP contribution < -0.4 is 0 Å². The van der Waals surface area contributed by atoms with Crippen molar-refractivity contribution in [3.05, 3.63) is 48.6 Å². The Hall–Kier alpha value is -1.37. The second kappa shape index (κ2) is 3.41. The zero-order chi connectivity index (χ0) is 10.0. The summed E-state index contributed by atoms with van der Waals surface area (Å²) in [5.41, 5.74) is 1.29. The standard InChI is InChI=1S/C13H15N/c1-3-12-9-13(12,2)14-10-11-7-5-4-6-8-11/h3-8,10,12H,1,9H2,2H3/b14-10-. The molecule has 2 rings (SSSR count). The van der Waals surface area contributed by atoms with E-state index in [1.807, 2.05) is 30.5 Å². The molecular weight excluding hydrogens is 170 g/mol. The first-order valence-corrected chi connectivity index (χ1v) is 4.97. The second-order valence-corrected chi connectivity index (χ2v) is 4.07. The molecule has 0 radical (unpaired) electrons. The second-order valence-electron chi connectivity index (χ2n) is 4.07. The minimum Gasteiger partial charge on any atom is -0.286 e. The van der Waals surface area contributed by atoms with Crippen LogP contribution >= 0.6 is 0 Å². The summed E-state index contributed by atoms with van der Waals surface area (Å²) < 4.78 is 0. The zero-order valence-corrected chi connectivity index (χ0v) is 8.48. The lowest BCUT2D eigenvalue weighted by molar-refractivity contribution is 0.723. The minimum absolute atomic E-state index is 0.123. The Morgan fingerprint density at radius 1 is 1.43 bits per heavy atom. The van der Waals surface area contributed by atoms with Gasteiger partial charge in [-0.05, 0) is 18.9 Å². The van der Waals surface area contributed by atoms with Crippen LogP contribution in [0.25, 0.3) is 0 Å². The molecule has 0 saturated heterocycles. The number of benzene rings is 1. The Bertz CT molecular complexity index is 353. The molecule has 0 spiro atoms. The van der Waals surface area contributed by atoms with Gasteiger partial charge in [-0.15, -0.1) is 6.58 Å². The van der Waals surface area contributed by atoms with Crippen molar-refractivity contribution >= 4 is 6.21 Å². The van der Waals surface area contributed by atoms with Gasteiger partial charge in [0.2, 0.25) is 0 Å². The van der Waals surface area contributed by atoms with E-state index in [1.165, 1.54) is 5.56 Å². The topological polar surface area (TPSA) is 12.4 Å². The van der Waals surface area contributed by atoms with E-state index < -0.39 is 0 Å². The lowest BCUT2D eigenvalue weighted by Gasteiger charge is -2.01. The van der Waals surface area contributed by atoms with Gasteiger partial charge in [-0.25, -0.2) is 0 Å². The maximum Gasteiger partial charge on any atom is 0.0649 e. The van der Waals surface area contributed by atoms with E-state index in [0.29, 0.717) is 5.92 Å². The smallest absolute Gasteiger partial charge is 0.0649 e. The first kappa shape index (κ1) is 9.20. The van der Waals surface area contributed by atoms with Crippen LogP contribution in [0.5, 0.6) is 0 Å². The Kier molecular flexibility index (Phi) is 2.24. The fourth-order valence-electron chi connectivity index (χ4n) is 1.63. The van der Waals surface area contributed by atoms with Crippen molar-refractivity contribution < 1.29 is 0 Å². The van der Waals surface area contributed by atoms with Gasteiger partial charge in [-0.1, -0.05) is 36.4 Å². The molecule has 1 fully saturated rings.